The van der Waals surface area contributed by atoms with Gasteiger partial charge in [-0.25, -0.2) is 4.79 Å². The van der Waals surface area contributed by atoms with Crippen molar-refractivity contribution in [1.82, 2.24) is 5.32 Å². The molecule has 0 heterocycles. The van der Waals surface area contributed by atoms with Gasteiger partial charge >= 0.3 is 11.9 Å². The van der Waals surface area contributed by atoms with E-state index in [4.69, 9.17) is 20.9 Å². The van der Waals surface area contributed by atoms with Crippen LogP contribution in [-0.2, 0) is 23.9 Å². The van der Waals surface area contributed by atoms with Crippen molar-refractivity contribution in [1.29, 1.82) is 0 Å². The number of esters is 2. The van der Waals surface area contributed by atoms with Gasteiger partial charge in [-0.15, -0.1) is 0 Å². The zero-order valence-electron chi connectivity index (χ0n) is 22.5. The Balaban J connectivity index is 4.51. The predicted octanol–water partition coefficient (Wildman–Crippen LogP) is 4.52. The van der Waals surface area contributed by atoms with E-state index in [9.17, 15) is 14.4 Å². The molecule has 0 saturated carbocycles. The lowest BCUT2D eigenvalue weighted by molar-refractivity contribution is -0.149. The molecule has 0 rings (SSSR count). The minimum absolute atomic E-state index is 0.0370. The van der Waals surface area contributed by atoms with Gasteiger partial charge in [-0.2, -0.15) is 0 Å². The molecule has 8 heteroatoms. The van der Waals surface area contributed by atoms with Crippen molar-refractivity contribution in [2.75, 3.05) is 19.8 Å². The Hall–Kier alpha value is -1.67. The van der Waals surface area contributed by atoms with E-state index in [1.807, 2.05) is 0 Å². The number of rotatable bonds is 24. The first kappa shape index (κ1) is 33.3. The summed E-state index contributed by atoms with van der Waals surface area (Å²) < 4.78 is 10.7. The topological polar surface area (TPSA) is 134 Å². The molecule has 35 heavy (non-hydrogen) atoms. The van der Waals surface area contributed by atoms with Crippen LogP contribution < -0.4 is 16.8 Å². The third kappa shape index (κ3) is 20.2. The van der Waals surface area contributed by atoms with E-state index in [-0.39, 0.29) is 18.8 Å². The molecule has 0 aliphatic heterocycles. The van der Waals surface area contributed by atoms with Crippen LogP contribution in [0.25, 0.3) is 0 Å². The van der Waals surface area contributed by atoms with Gasteiger partial charge in [0.05, 0.1) is 19.3 Å². The molecule has 0 aliphatic carbocycles. The van der Waals surface area contributed by atoms with Crippen molar-refractivity contribution in [2.24, 2.45) is 11.5 Å². The number of nitrogens with two attached hydrogens (primary N) is 2. The summed E-state index contributed by atoms with van der Waals surface area (Å²) in [5.41, 5.74) is 11.5. The van der Waals surface area contributed by atoms with Crippen molar-refractivity contribution in [3.8, 4) is 0 Å². The lowest BCUT2D eigenvalue weighted by Gasteiger charge is -2.20. The molecule has 0 spiro atoms. The number of carbonyl (C=O) groups is 3. The summed E-state index contributed by atoms with van der Waals surface area (Å²) in [7, 11) is 0. The van der Waals surface area contributed by atoms with Crippen LogP contribution in [-0.4, -0.2) is 49.7 Å². The minimum Gasteiger partial charge on any atom is -0.466 e. The van der Waals surface area contributed by atoms with Gasteiger partial charge in [0, 0.05) is 6.42 Å². The Bertz CT molecular complexity index is 545. The van der Waals surface area contributed by atoms with Crippen molar-refractivity contribution in [3.05, 3.63) is 0 Å². The van der Waals surface area contributed by atoms with E-state index in [0.29, 0.717) is 26.2 Å². The summed E-state index contributed by atoms with van der Waals surface area (Å²) >= 11 is 0. The van der Waals surface area contributed by atoms with Gasteiger partial charge in [0.2, 0.25) is 5.91 Å². The van der Waals surface area contributed by atoms with Gasteiger partial charge in [0.15, 0.2) is 0 Å². The quantitative estimate of drug-likeness (QED) is 0.131. The van der Waals surface area contributed by atoms with Crippen molar-refractivity contribution < 1.29 is 23.9 Å². The van der Waals surface area contributed by atoms with Gasteiger partial charge < -0.3 is 26.3 Å². The molecule has 0 radical (unpaired) electrons. The zero-order chi connectivity index (χ0) is 26.2. The number of nitrogens with one attached hydrogen (secondary N) is 1. The second-order valence-electron chi connectivity index (χ2n) is 9.41. The normalized spacial score (nSPS) is 12.7. The Morgan fingerprint density at radius 3 is 1.83 bits per heavy atom. The molecule has 0 unspecified atom stereocenters. The molecule has 0 aromatic carbocycles. The van der Waals surface area contributed by atoms with Gasteiger partial charge in [-0.1, -0.05) is 84.5 Å². The fourth-order valence-corrected chi connectivity index (χ4v) is 3.73. The highest BCUT2D eigenvalue weighted by atomic mass is 16.5. The summed E-state index contributed by atoms with van der Waals surface area (Å²) in [5.74, 6) is -1.30. The van der Waals surface area contributed by atoms with E-state index >= 15 is 0 Å². The molecular weight excluding hydrogens is 446 g/mol. The molecule has 0 aromatic rings. The number of carbonyl (C=O) groups excluding carboxylic acids is 3. The van der Waals surface area contributed by atoms with Crippen LogP contribution in [0.1, 0.15) is 123 Å². The molecule has 206 valence electrons. The van der Waals surface area contributed by atoms with Crippen LogP contribution in [0, 0.1) is 0 Å². The average Bonchev–Trinajstić information content (AvgIpc) is 2.85. The van der Waals surface area contributed by atoms with Gasteiger partial charge in [0.25, 0.3) is 0 Å². The van der Waals surface area contributed by atoms with Crippen LogP contribution in [0.5, 0.6) is 0 Å². The molecule has 2 atom stereocenters. The first-order chi connectivity index (χ1) is 17.0. The Morgan fingerprint density at radius 1 is 0.714 bits per heavy atom. The molecule has 1 amide bonds. The lowest BCUT2D eigenvalue weighted by Crippen LogP contribution is -2.49. The third-order valence-corrected chi connectivity index (χ3v) is 6.05. The maximum Gasteiger partial charge on any atom is 0.328 e. The van der Waals surface area contributed by atoms with Crippen LogP contribution in [0.3, 0.4) is 0 Å². The average molecular weight is 500 g/mol. The molecule has 0 aliphatic rings. The highest BCUT2D eigenvalue weighted by Crippen LogP contribution is 2.09. The van der Waals surface area contributed by atoms with Crippen molar-refractivity contribution in [2.45, 2.75) is 135 Å². The molecule has 0 saturated heterocycles. The molecule has 5 N–H and O–H groups in total. The maximum atomic E-state index is 12.6. The number of hydrogen-bond acceptors (Lipinski definition) is 7. The number of ether oxygens (including phenoxy) is 2. The second kappa shape index (κ2) is 24.0. The largest absolute Gasteiger partial charge is 0.466 e. The van der Waals surface area contributed by atoms with E-state index in [1.165, 1.54) is 38.5 Å². The smallest absolute Gasteiger partial charge is 0.328 e. The van der Waals surface area contributed by atoms with Gasteiger partial charge in [0.1, 0.15) is 6.04 Å². The van der Waals surface area contributed by atoms with E-state index in [0.717, 1.165) is 51.4 Å². The van der Waals surface area contributed by atoms with Gasteiger partial charge in [-0.3, -0.25) is 9.59 Å². The highest BCUT2D eigenvalue weighted by molar-refractivity contribution is 5.87. The monoisotopic (exact) mass is 499 g/mol. The van der Waals surface area contributed by atoms with Crippen LogP contribution in [0.15, 0.2) is 0 Å². The first-order valence-electron chi connectivity index (χ1n) is 14.0. The molecular formula is C27H53N3O5. The van der Waals surface area contributed by atoms with Crippen LogP contribution >= 0.6 is 0 Å². The number of amides is 1. The molecule has 0 aromatic heterocycles. The minimum atomic E-state index is -0.912. The summed E-state index contributed by atoms with van der Waals surface area (Å²) in [6, 6.07) is -1.64. The molecule has 0 bridgehead atoms. The number of unbranched alkanes of at least 4 members (excludes halogenated alkanes) is 11. The summed E-state index contributed by atoms with van der Waals surface area (Å²) in [5, 5.41) is 2.69. The van der Waals surface area contributed by atoms with Crippen molar-refractivity contribution in [3.63, 3.8) is 0 Å². The van der Waals surface area contributed by atoms with E-state index < -0.39 is 24.0 Å². The number of hydrogen-bond donors (Lipinski definition) is 3. The molecule has 0 fully saturated rings. The Labute approximate surface area is 213 Å². The van der Waals surface area contributed by atoms with Crippen LogP contribution in [0.2, 0.25) is 0 Å². The second-order valence-corrected chi connectivity index (χ2v) is 9.41. The van der Waals surface area contributed by atoms with E-state index in [2.05, 4.69) is 19.2 Å². The summed E-state index contributed by atoms with van der Waals surface area (Å²) in [4.78, 5) is 37.3. The zero-order valence-corrected chi connectivity index (χ0v) is 22.5. The fourth-order valence-electron chi connectivity index (χ4n) is 3.73. The third-order valence-electron chi connectivity index (χ3n) is 6.05. The van der Waals surface area contributed by atoms with E-state index in [1.54, 1.807) is 0 Å². The van der Waals surface area contributed by atoms with Gasteiger partial charge in [-0.05, 0) is 38.6 Å². The lowest BCUT2D eigenvalue weighted by atomic mass is 10.1. The summed E-state index contributed by atoms with van der Waals surface area (Å²) in [6.45, 7) is 5.59. The standard InChI is InChI=1S/C27H53N3O5/c1-3-5-7-9-11-15-21-34-25(31)19-18-24(30-26(32)23(29)17-13-14-20-28)27(33)35-22-16-12-10-8-6-4-2/h23-24H,3-22,28-29H2,1-2H3,(H,30,32)/t23-,24-/m0/s1. The first-order valence-corrected chi connectivity index (χ1v) is 14.0. The molecule has 8 nitrogen and oxygen atoms in total. The Morgan fingerprint density at radius 2 is 1.26 bits per heavy atom. The van der Waals surface area contributed by atoms with Crippen LogP contribution in [0.4, 0.5) is 0 Å². The fraction of sp³-hybridized carbons (Fsp3) is 0.889. The SMILES string of the molecule is CCCCCCCCOC(=O)CC[C@H](NC(=O)[C@@H](N)CCCCN)C(=O)OCCCCCCCC. The highest BCUT2D eigenvalue weighted by Gasteiger charge is 2.26. The maximum absolute atomic E-state index is 12.6. The summed E-state index contributed by atoms with van der Waals surface area (Å²) in [6.07, 6.45) is 15.4. The predicted molar refractivity (Wildman–Crippen MR) is 141 cm³/mol. The van der Waals surface area contributed by atoms with Crippen molar-refractivity contribution >= 4 is 17.8 Å². The Kier molecular flexibility index (Phi) is 22.9.